The standard InChI is InChI=1S/C17H21FN2O2.2ClH/c18-15-3-1-14(2-4-15)17-6-5-16(22-17)13-19-7-8-20-9-11-21-12-10-20;;/h1-6,19H,7-13H2;2*1H. The molecule has 2 heterocycles. The van der Waals surface area contributed by atoms with Gasteiger partial charge < -0.3 is 14.5 Å². The molecule has 1 aromatic heterocycles. The first-order valence-electron chi connectivity index (χ1n) is 7.67. The van der Waals surface area contributed by atoms with Crippen LogP contribution in [0.5, 0.6) is 0 Å². The number of benzene rings is 1. The Morgan fingerprint density at radius 2 is 1.71 bits per heavy atom. The summed E-state index contributed by atoms with van der Waals surface area (Å²) in [4.78, 5) is 2.39. The SMILES string of the molecule is Cl.Cl.Fc1ccc(-c2ccc(CNCCN3CCOCC3)o2)cc1. The van der Waals surface area contributed by atoms with Crippen LogP contribution < -0.4 is 5.32 Å². The molecule has 4 nitrogen and oxygen atoms in total. The van der Waals surface area contributed by atoms with Crippen LogP contribution in [0.25, 0.3) is 11.3 Å². The van der Waals surface area contributed by atoms with Gasteiger partial charge in [-0.1, -0.05) is 0 Å². The second kappa shape index (κ2) is 10.7. The van der Waals surface area contributed by atoms with Crippen LogP contribution in [-0.2, 0) is 11.3 Å². The highest BCUT2D eigenvalue weighted by Gasteiger charge is 2.09. The summed E-state index contributed by atoms with van der Waals surface area (Å²) < 4.78 is 24.0. The van der Waals surface area contributed by atoms with E-state index in [-0.39, 0.29) is 30.6 Å². The van der Waals surface area contributed by atoms with Crippen LogP contribution >= 0.6 is 24.8 Å². The first kappa shape index (κ1) is 20.9. The van der Waals surface area contributed by atoms with Crippen molar-refractivity contribution in [1.29, 1.82) is 0 Å². The molecule has 24 heavy (non-hydrogen) atoms. The Balaban J connectivity index is 0.00000144. The largest absolute Gasteiger partial charge is 0.460 e. The first-order valence-corrected chi connectivity index (χ1v) is 7.67. The van der Waals surface area contributed by atoms with Crippen molar-refractivity contribution < 1.29 is 13.5 Å². The Kier molecular flexibility index (Phi) is 9.33. The van der Waals surface area contributed by atoms with Gasteiger partial charge in [-0.2, -0.15) is 0 Å². The number of nitrogens with zero attached hydrogens (tertiary/aromatic N) is 1. The summed E-state index contributed by atoms with van der Waals surface area (Å²) in [7, 11) is 0. The zero-order valence-corrected chi connectivity index (χ0v) is 15.0. The molecule has 3 rings (SSSR count). The first-order chi connectivity index (χ1) is 10.8. The molecular formula is C17H23Cl2FN2O2. The molecule has 1 saturated heterocycles. The highest BCUT2D eigenvalue weighted by atomic mass is 35.5. The number of hydrogen-bond donors (Lipinski definition) is 1. The van der Waals surface area contributed by atoms with Crippen LogP contribution in [0.1, 0.15) is 5.76 Å². The summed E-state index contributed by atoms with van der Waals surface area (Å²) in [6, 6.07) is 10.2. The molecule has 0 unspecified atom stereocenters. The van der Waals surface area contributed by atoms with Gasteiger partial charge in [-0.3, -0.25) is 4.90 Å². The van der Waals surface area contributed by atoms with Crippen molar-refractivity contribution in [2.45, 2.75) is 6.54 Å². The Morgan fingerprint density at radius 3 is 2.42 bits per heavy atom. The minimum atomic E-state index is -0.236. The molecule has 0 spiro atoms. The topological polar surface area (TPSA) is 37.6 Å². The predicted octanol–water partition coefficient (Wildman–Crippen LogP) is 3.35. The lowest BCUT2D eigenvalue weighted by Gasteiger charge is -2.26. The van der Waals surface area contributed by atoms with Crippen LogP contribution in [0.15, 0.2) is 40.8 Å². The van der Waals surface area contributed by atoms with Gasteiger partial charge >= 0.3 is 0 Å². The lowest BCUT2D eigenvalue weighted by atomic mass is 10.2. The van der Waals surface area contributed by atoms with Crippen molar-refractivity contribution in [3.63, 3.8) is 0 Å². The van der Waals surface area contributed by atoms with E-state index < -0.39 is 0 Å². The molecule has 0 radical (unpaired) electrons. The maximum Gasteiger partial charge on any atom is 0.134 e. The minimum absolute atomic E-state index is 0. The normalized spacial score (nSPS) is 14.7. The molecule has 0 amide bonds. The van der Waals surface area contributed by atoms with Gasteiger partial charge in [0.05, 0.1) is 19.8 Å². The van der Waals surface area contributed by atoms with E-state index in [0.29, 0.717) is 6.54 Å². The highest BCUT2D eigenvalue weighted by Crippen LogP contribution is 2.22. The van der Waals surface area contributed by atoms with E-state index in [0.717, 1.165) is 56.5 Å². The number of nitrogens with one attached hydrogen (secondary N) is 1. The molecule has 0 aliphatic carbocycles. The quantitative estimate of drug-likeness (QED) is 0.784. The van der Waals surface area contributed by atoms with E-state index in [9.17, 15) is 4.39 Å². The molecule has 0 bridgehead atoms. The van der Waals surface area contributed by atoms with Crippen LogP contribution in [-0.4, -0.2) is 44.3 Å². The predicted molar refractivity (Wildman–Crippen MR) is 97.6 cm³/mol. The molecule has 7 heteroatoms. The third-order valence-electron chi connectivity index (χ3n) is 3.80. The lowest BCUT2D eigenvalue weighted by molar-refractivity contribution is 0.0383. The molecule has 1 aliphatic heterocycles. The van der Waals surface area contributed by atoms with Crippen molar-refractivity contribution in [2.24, 2.45) is 0 Å². The van der Waals surface area contributed by atoms with Gasteiger partial charge in [0, 0.05) is 31.7 Å². The minimum Gasteiger partial charge on any atom is -0.460 e. The molecule has 1 fully saturated rings. The summed E-state index contributed by atoms with van der Waals surface area (Å²) in [5.41, 5.74) is 0.890. The summed E-state index contributed by atoms with van der Waals surface area (Å²) in [6.45, 7) is 6.33. The highest BCUT2D eigenvalue weighted by molar-refractivity contribution is 5.85. The third kappa shape index (κ3) is 6.07. The van der Waals surface area contributed by atoms with Crippen LogP contribution in [0.2, 0.25) is 0 Å². The zero-order chi connectivity index (χ0) is 15.2. The van der Waals surface area contributed by atoms with Gasteiger partial charge in [0.25, 0.3) is 0 Å². The van der Waals surface area contributed by atoms with E-state index in [4.69, 9.17) is 9.15 Å². The molecule has 0 atom stereocenters. The van der Waals surface area contributed by atoms with Crippen molar-refractivity contribution in [1.82, 2.24) is 10.2 Å². The molecule has 1 aliphatic rings. The van der Waals surface area contributed by atoms with Crippen LogP contribution in [0.3, 0.4) is 0 Å². The summed E-state index contributed by atoms with van der Waals surface area (Å²) in [5.74, 6) is 1.42. The monoisotopic (exact) mass is 376 g/mol. The van der Waals surface area contributed by atoms with Crippen molar-refractivity contribution in [3.8, 4) is 11.3 Å². The number of halogens is 3. The number of hydrogen-bond acceptors (Lipinski definition) is 4. The molecule has 0 saturated carbocycles. The van der Waals surface area contributed by atoms with Gasteiger partial charge in [-0.15, -0.1) is 24.8 Å². The van der Waals surface area contributed by atoms with Gasteiger partial charge in [0.15, 0.2) is 0 Å². The fraction of sp³-hybridized carbons (Fsp3) is 0.412. The summed E-state index contributed by atoms with van der Waals surface area (Å²) in [6.07, 6.45) is 0. The van der Waals surface area contributed by atoms with E-state index in [1.165, 1.54) is 12.1 Å². The van der Waals surface area contributed by atoms with Crippen LogP contribution in [0.4, 0.5) is 4.39 Å². The number of rotatable bonds is 6. The molecule has 134 valence electrons. The van der Waals surface area contributed by atoms with Crippen molar-refractivity contribution in [3.05, 3.63) is 48.0 Å². The average molecular weight is 377 g/mol. The van der Waals surface area contributed by atoms with Crippen LogP contribution in [0, 0.1) is 5.82 Å². The molecular weight excluding hydrogens is 354 g/mol. The third-order valence-corrected chi connectivity index (χ3v) is 3.80. The Morgan fingerprint density at radius 1 is 1.00 bits per heavy atom. The van der Waals surface area contributed by atoms with Gasteiger partial charge in [0.1, 0.15) is 17.3 Å². The van der Waals surface area contributed by atoms with Gasteiger partial charge in [0.2, 0.25) is 0 Å². The smallest absolute Gasteiger partial charge is 0.134 e. The second-order valence-corrected chi connectivity index (χ2v) is 5.40. The Labute approximate surface area is 154 Å². The van der Waals surface area contributed by atoms with E-state index in [1.54, 1.807) is 12.1 Å². The Bertz CT molecular complexity index is 587. The summed E-state index contributed by atoms with van der Waals surface area (Å²) in [5, 5.41) is 3.39. The lowest BCUT2D eigenvalue weighted by Crippen LogP contribution is -2.40. The average Bonchev–Trinajstić information content (AvgIpc) is 3.02. The van der Waals surface area contributed by atoms with E-state index >= 15 is 0 Å². The van der Waals surface area contributed by atoms with Crippen molar-refractivity contribution >= 4 is 24.8 Å². The molecule has 2 aromatic rings. The molecule has 1 aromatic carbocycles. The summed E-state index contributed by atoms with van der Waals surface area (Å²) >= 11 is 0. The van der Waals surface area contributed by atoms with Crippen molar-refractivity contribution in [2.75, 3.05) is 39.4 Å². The number of morpholine rings is 1. The van der Waals surface area contributed by atoms with Gasteiger partial charge in [-0.25, -0.2) is 4.39 Å². The zero-order valence-electron chi connectivity index (χ0n) is 13.4. The number of furan rings is 1. The van der Waals surface area contributed by atoms with Gasteiger partial charge in [-0.05, 0) is 36.4 Å². The maximum absolute atomic E-state index is 12.9. The second-order valence-electron chi connectivity index (χ2n) is 5.40. The fourth-order valence-electron chi connectivity index (χ4n) is 2.52. The molecule has 1 N–H and O–H groups in total. The Hall–Kier alpha value is -1.11. The van der Waals surface area contributed by atoms with E-state index in [2.05, 4.69) is 10.2 Å². The van der Waals surface area contributed by atoms with E-state index in [1.807, 2.05) is 12.1 Å². The maximum atomic E-state index is 12.9. The fourth-order valence-corrected chi connectivity index (χ4v) is 2.52. The number of ether oxygens (including phenoxy) is 1.